The third-order valence-corrected chi connectivity index (χ3v) is 2.03. The molecule has 2 rings (SSSR count). The van der Waals surface area contributed by atoms with Crippen LogP contribution in [-0.4, -0.2) is 42.7 Å². The molecule has 4 N–H and O–H groups in total. The summed E-state index contributed by atoms with van der Waals surface area (Å²) in [5.74, 6) is -2.52. The third kappa shape index (κ3) is 2.24. The molecular formula is C9H7N5O4. The number of nitrogens with zero attached hydrogens (tertiary/aromatic N) is 3. The smallest absolute Gasteiger partial charge is 0.339 e. The largest absolute Gasteiger partial charge is 0.507 e. The van der Waals surface area contributed by atoms with Crippen LogP contribution in [0.2, 0.25) is 0 Å². The van der Waals surface area contributed by atoms with Gasteiger partial charge in [-0.15, -0.1) is 10.2 Å². The lowest BCUT2D eigenvalue weighted by molar-refractivity contribution is 0.0693. The molecule has 18 heavy (non-hydrogen) atoms. The lowest BCUT2D eigenvalue weighted by atomic mass is 10.2. The summed E-state index contributed by atoms with van der Waals surface area (Å²) < 4.78 is 0. The van der Waals surface area contributed by atoms with Crippen molar-refractivity contribution >= 4 is 17.6 Å². The number of aromatic hydroxyl groups is 1. The Bertz CT molecular complexity index is 595. The maximum Gasteiger partial charge on any atom is 0.339 e. The highest BCUT2D eigenvalue weighted by atomic mass is 16.4. The van der Waals surface area contributed by atoms with E-state index in [0.717, 1.165) is 12.1 Å². The molecule has 1 heterocycles. The Labute approximate surface area is 99.5 Å². The number of aromatic nitrogens is 4. The third-order valence-electron chi connectivity index (χ3n) is 2.03. The van der Waals surface area contributed by atoms with Crippen molar-refractivity contribution in [3.63, 3.8) is 0 Å². The van der Waals surface area contributed by atoms with Gasteiger partial charge < -0.3 is 15.5 Å². The highest BCUT2D eigenvalue weighted by Crippen LogP contribution is 2.21. The first kappa shape index (κ1) is 11.5. The van der Waals surface area contributed by atoms with Crippen molar-refractivity contribution in [1.82, 2.24) is 20.6 Å². The fourth-order valence-electron chi connectivity index (χ4n) is 1.23. The quantitative estimate of drug-likeness (QED) is 0.554. The zero-order valence-electron chi connectivity index (χ0n) is 8.78. The minimum Gasteiger partial charge on any atom is -0.507 e. The highest BCUT2D eigenvalue weighted by molar-refractivity contribution is 6.02. The molecule has 0 spiro atoms. The summed E-state index contributed by atoms with van der Waals surface area (Å²) in [6, 6.07) is 3.63. The van der Waals surface area contributed by atoms with Gasteiger partial charge in [-0.3, -0.25) is 4.79 Å². The normalized spacial score (nSPS) is 10.0. The molecule has 0 aliphatic carbocycles. The number of aromatic amines is 1. The summed E-state index contributed by atoms with van der Waals surface area (Å²) >= 11 is 0. The number of anilines is 1. The first-order valence-electron chi connectivity index (χ1n) is 4.69. The molecule has 0 fully saturated rings. The van der Waals surface area contributed by atoms with Crippen LogP contribution in [0.15, 0.2) is 18.2 Å². The van der Waals surface area contributed by atoms with Crippen molar-refractivity contribution in [3.8, 4) is 5.75 Å². The molecule has 1 aromatic heterocycles. The highest BCUT2D eigenvalue weighted by Gasteiger charge is 2.14. The number of carboxylic acids is 1. The van der Waals surface area contributed by atoms with Crippen LogP contribution >= 0.6 is 0 Å². The number of hydrogen-bond donors (Lipinski definition) is 4. The number of nitrogens with one attached hydrogen (secondary N) is 2. The predicted octanol–water partition coefficient (Wildman–Crippen LogP) is -0.144. The van der Waals surface area contributed by atoms with Gasteiger partial charge in [-0.1, -0.05) is 0 Å². The average Bonchev–Trinajstić information content (AvgIpc) is 2.85. The van der Waals surface area contributed by atoms with Gasteiger partial charge in [0.05, 0.1) is 0 Å². The standard InChI is InChI=1S/C9H7N5O4/c15-6-2-1-4(3-5(6)9(17)18)10-8(16)7-11-13-14-12-7/h1-3,15H,(H,10,16)(H,17,18)(H,11,12,13,14). The maximum atomic E-state index is 11.5. The first-order valence-corrected chi connectivity index (χ1v) is 4.69. The van der Waals surface area contributed by atoms with Crippen molar-refractivity contribution in [3.05, 3.63) is 29.6 Å². The molecule has 1 aromatic carbocycles. The van der Waals surface area contributed by atoms with Crippen molar-refractivity contribution < 1.29 is 19.8 Å². The molecule has 0 aliphatic heterocycles. The Kier molecular flexibility index (Phi) is 2.87. The summed E-state index contributed by atoms with van der Waals surface area (Å²) in [7, 11) is 0. The summed E-state index contributed by atoms with van der Waals surface area (Å²) in [5.41, 5.74) is -0.124. The minimum atomic E-state index is -1.30. The average molecular weight is 249 g/mol. The number of phenols is 1. The second-order valence-corrected chi connectivity index (χ2v) is 3.23. The van der Waals surface area contributed by atoms with E-state index in [4.69, 9.17) is 5.11 Å². The van der Waals surface area contributed by atoms with Crippen LogP contribution in [0.25, 0.3) is 0 Å². The molecule has 0 bridgehead atoms. The lowest BCUT2D eigenvalue weighted by Crippen LogP contribution is -2.14. The van der Waals surface area contributed by atoms with Gasteiger partial charge in [0.1, 0.15) is 11.3 Å². The molecular weight excluding hydrogens is 242 g/mol. The Morgan fingerprint density at radius 2 is 2.11 bits per heavy atom. The number of amides is 1. The fraction of sp³-hybridized carbons (Fsp3) is 0. The molecule has 0 saturated carbocycles. The van der Waals surface area contributed by atoms with Crippen LogP contribution in [-0.2, 0) is 0 Å². The zero-order valence-corrected chi connectivity index (χ0v) is 8.78. The van der Waals surface area contributed by atoms with Crippen LogP contribution < -0.4 is 5.32 Å². The van der Waals surface area contributed by atoms with Gasteiger partial charge in [-0.25, -0.2) is 4.79 Å². The van der Waals surface area contributed by atoms with Gasteiger partial charge in [0.15, 0.2) is 0 Å². The summed E-state index contributed by atoms with van der Waals surface area (Å²) in [5, 5.41) is 32.7. The SMILES string of the molecule is O=C(Nc1ccc(O)c(C(=O)O)c1)c1nn[nH]n1. The molecule has 0 aliphatic rings. The zero-order chi connectivity index (χ0) is 13.1. The van der Waals surface area contributed by atoms with Gasteiger partial charge in [-0.2, -0.15) is 5.21 Å². The summed E-state index contributed by atoms with van der Waals surface area (Å²) in [6.07, 6.45) is 0. The van der Waals surface area contributed by atoms with E-state index in [2.05, 4.69) is 25.9 Å². The number of rotatable bonds is 3. The summed E-state index contributed by atoms with van der Waals surface area (Å²) in [4.78, 5) is 22.3. The van der Waals surface area contributed by atoms with E-state index in [1.54, 1.807) is 0 Å². The Hall–Kier alpha value is -2.97. The van der Waals surface area contributed by atoms with E-state index in [0.29, 0.717) is 0 Å². The number of benzene rings is 1. The van der Waals surface area contributed by atoms with Crippen molar-refractivity contribution in [2.45, 2.75) is 0 Å². The van der Waals surface area contributed by atoms with Crippen molar-refractivity contribution in [2.75, 3.05) is 5.32 Å². The lowest BCUT2D eigenvalue weighted by Gasteiger charge is -2.05. The predicted molar refractivity (Wildman–Crippen MR) is 57.2 cm³/mol. The molecule has 2 aromatic rings. The van der Waals surface area contributed by atoms with Gasteiger partial charge in [0.2, 0.25) is 0 Å². The molecule has 0 radical (unpaired) electrons. The van der Waals surface area contributed by atoms with E-state index in [-0.39, 0.29) is 22.8 Å². The minimum absolute atomic E-state index is 0.181. The number of H-pyrrole nitrogens is 1. The molecule has 0 atom stereocenters. The maximum absolute atomic E-state index is 11.5. The number of carboxylic acid groups (broad SMARTS) is 1. The first-order chi connectivity index (χ1) is 8.58. The second kappa shape index (κ2) is 4.49. The number of hydrogen-bond acceptors (Lipinski definition) is 6. The molecule has 0 unspecified atom stereocenters. The monoisotopic (exact) mass is 249 g/mol. The van der Waals surface area contributed by atoms with Gasteiger partial charge in [-0.05, 0) is 23.4 Å². The van der Waals surface area contributed by atoms with Crippen LogP contribution in [0, 0.1) is 0 Å². The second-order valence-electron chi connectivity index (χ2n) is 3.23. The topological polar surface area (TPSA) is 141 Å². The van der Waals surface area contributed by atoms with Crippen molar-refractivity contribution in [1.29, 1.82) is 0 Å². The van der Waals surface area contributed by atoms with Crippen LogP contribution in [0.4, 0.5) is 5.69 Å². The summed E-state index contributed by atoms with van der Waals surface area (Å²) in [6.45, 7) is 0. The Morgan fingerprint density at radius 3 is 2.72 bits per heavy atom. The van der Waals surface area contributed by atoms with E-state index < -0.39 is 11.9 Å². The van der Waals surface area contributed by atoms with E-state index in [1.807, 2.05) is 0 Å². The number of carbonyl (C=O) groups excluding carboxylic acids is 1. The van der Waals surface area contributed by atoms with Gasteiger partial charge >= 0.3 is 5.97 Å². The fourth-order valence-corrected chi connectivity index (χ4v) is 1.23. The molecule has 0 saturated heterocycles. The van der Waals surface area contributed by atoms with E-state index in [1.165, 1.54) is 6.07 Å². The van der Waals surface area contributed by atoms with Crippen LogP contribution in [0.1, 0.15) is 21.0 Å². The Morgan fingerprint density at radius 1 is 1.33 bits per heavy atom. The van der Waals surface area contributed by atoms with Gasteiger partial charge in [0, 0.05) is 5.69 Å². The Balaban J connectivity index is 2.22. The molecule has 9 nitrogen and oxygen atoms in total. The molecule has 92 valence electrons. The van der Waals surface area contributed by atoms with Gasteiger partial charge in [0.25, 0.3) is 11.7 Å². The molecule has 1 amide bonds. The number of carbonyl (C=O) groups is 2. The van der Waals surface area contributed by atoms with Crippen molar-refractivity contribution in [2.24, 2.45) is 0 Å². The number of aromatic carboxylic acids is 1. The van der Waals surface area contributed by atoms with E-state index in [9.17, 15) is 14.7 Å². The van der Waals surface area contributed by atoms with Crippen LogP contribution in [0.5, 0.6) is 5.75 Å². The number of tetrazole rings is 1. The van der Waals surface area contributed by atoms with E-state index >= 15 is 0 Å². The molecule has 9 heteroatoms. The van der Waals surface area contributed by atoms with Crippen LogP contribution in [0.3, 0.4) is 0 Å².